The maximum atomic E-state index is 5.62. The van der Waals surface area contributed by atoms with E-state index in [-0.39, 0.29) is 0 Å². The van der Waals surface area contributed by atoms with E-state index in [1.807, 2.05) is 18.2 Å². The lowest BCUT2D eigenvalue weighted by molar-refractivity contribution is 0.0242. The van der Waals surface area contributed by atoms with Crippen molar-refractivity contribution in [2.45, 2.75) is 12.6 Å². The largest absolute Gasteiger partial charge is 0.378 e. The molecule has 1 aliphatic rings. The van der Waals surface area contributed by atoms with Crippen LogP contribution in [0.1, 0.15) is 5.56 Å². The molecular weight excluding hydrogens is 190 g/mol. The van der Waals surface area contributed by atoms with Gasteiger partial charge in [-0.05, 0) is 5.56 Å². The molecule has 0 spiro atoms. The Morgan fingerprint density at radius 1 is 1.33 bits per heavy atom. The molecule has 1 aliphatic heterocycles. The monoisotopic (exact) mass is 207 g/mol. The number of nitrogens with one attached hydrogen (secondary N) is 1. The summed E-state index contributed by atoms with van der Waals surface area (Å²) >= 11 is 0. The molecule has 3 nitrogen and oxygen atoms in total. The molecule has 82 valence electrons. The molecule has 1 atom stereocenters. The highest BCUT2D eigenvalue weighted by Gasteiger charge is 2.12. The van der Waals surface area contributed by atoms with Crippen molar-refractivity contribution < 1.29 is 9.47 Å². The van der Waals surface area contributed by atoms with Crippen molar-refractivity contribution >= 4 is 0 Å². The average Bonchev–Trinajstić information content (AvgIpc) is 2.32. The van der Waals surface area contributed by atoms with E-state index in [2.05, 4.69) is 17.4 Å². The van der Waals surface area contributed by atoms with Gasteiger partial charge < -0.3 is 14.8 Å². The number of rotatable bonds is 4. The predicted octanol–water partition coefficient (Wildman–Crippen LogP) is 1.19. The zero-order valence-corrected chi connectivity index (χ0v) is 8.82. The van der Waals surface area contributed by atoms with Crippen molar-refractivity contribution in [2.75, 3.05) is 26.4 Å². The third-order valence-corrected chi connectivity index (χ3v) is 2.43. The summed E-state index contributed by atoms with van der Waals surface area (Å²) in [6, 6.07) is 10.6. The number of morpholine rings is 1. The number of benzene rings is 1. The third-order valence-electron chi connectivity index (χ3n) is 2.43. The molecule has 1 aromatic carbocycles. The van der Waals surface area contributed by atoms with Crippen molar-refractivity contribution in [3.8, 4) is 0 Å². The molecular formula is C12H17NO2. The molecule has 0 aromatic heterocycles. The van der Waals surface area contributed by atoms with Crippen molar-refractivity contribution in [2.24, 2.45) is 0 Å². The van der Waals surface area contributed by atoms with Gasteiger partial charge in [0.05, 0.1) is 32.5 Å². The van der Waals surface area contributed by atoms with Crippen LogP contribution in [0.15, 0.2) is 30.3 Å². The van der Waals surface area contributed by atoms with Crippen LogP contribution in [0.4, 0.5) is 0 Å². The third kappa shape index (κ3) is 3.63. The summed E-state index contributed by atoms with van der Waals surface area (Å²) in [7, 11) is 0. The Kier molecular flexibility index (Phi) is 4.14. The molecule has 0 unspecified atom stereocenters. The lowest BCUT2D eigenvalue weighted by atomic mass is 10.2. The second-order valence-electron chi connectivity index (χ2n) is 3.73. The van der Waals surface area contributed by atoms with Gasteiger partial charge in [0.1, 0.15) is 0 Å². The Morgan fingerprint density at radius 3 is 2.93 bits per heavy atom. The van der Waals surface area contributed by atoms with Gasteiger partial charge in [0.2, 0.25) is 0 Å². The highest BCUT2D eigenvalue weighted by molar-refractivity contribution is 5.13. The van der Waals surface area contributed by atoms with Gasteiger partial charge in [0.25, 0.3) is 0 Å². The molecule has 2 rings (SSSR count). The minimum atomic E-state index is 0.350. The standard InChI is InChI=1S/C12H17NO2/c1-2-4-11(5-3-1)8-15-10-12-9-14-7-6-13-12/h1-5,12-13H,6-10H2/t12-/m0/s1. The lowest BCUT2D eigenvalue weighted by Crippen LogP contribution is -2.44. The maximum Gasteiger partial charge on any atom is 0.0717 e. The molecule has 1 aromatic rings. The Hall–Kier alpha value is -0.900. The topological polar surface area (TPSA) is 30.5 Å². The molecule has 0 aliphatic carbocycles. The van der Waals surface area contributed by atoms with Crippen LogP contribution < -0.4 is 5.32 Å². The first-order valence-corrected chi connectivity index (χ1v) is 5.38. The zero-order chi connectivity index (χ0) is 10.3. The van der Waals surface area contributed by atoms with Gasteiger partial charge in [-0.1, -0.05) is 30.3 Å². The van der Waals surface area contributed by atoms with Gasteiger partial charge in [-0.15, -0.1) is 0 Å². The minimum Gasteiger partial charge on any atom is -0.378 e. The summed E-state index contributed by atoms with van der Waals surface area (Å²) < 4.78 is 11.0. The van der Waals surface area contributed by atoms with Gasteiger partial charge >= 0.3 is 0 Å². The van der Waals surface area contributed by atoms with E-state index in [1.54, 1.807) is 0 Å². The van der Waals surface area contributed by atoms with Crippen LogP contribution in [0.2, 0.25) is 0 Å². The van der Waals surface area contributed by atoms with Crippen molar-refractivity contribution in [3.63, 3.8) is 0 Å². The van der Waals surface area contributed by atoms with Crippen LogP contribution >= 0.6 is 0 Å². The van der Waals surface area contributed by atoms with E-state index in [0.717, 1.165) is 26.4 Å². The highest BCUT2D eigenvalue weighted by Crippen LogP contribution is 2.02. The fourth-order valence-corrected chi connectivity index (χ4v) is 1.62. The van der Waals surface area contributed by atoms with Crippen molar-refractivity contribution in [3.05, 3.63) is 35.9 Å². The van der Waals surface area contributed by atoms with Crippen LogP contribution in [0.5, 0.6) is 0 Å². The second kappa shape index (κ2) is 5.85. The smallest absolute Gasteiger partial charge is 0.0717 e. The summed E-state index contributed by atoms with van der Waals surface area (Å²) in [5, 5.41) is 3.36. The first-order chi connectivity index (χ1) is 7.45. The summed E-state index contributed by atoms with van der Waals surface area (Å²) in [5.74, 6) is 0. The molecule has 1 heterocycles. The van der Waals surface area contributed by atoms with E-state index in [9.17, 15) is 0 Å². The molecule has 3 heteroatoms. The van der Waals surface area contributed by atoms with Crippen molar-refractivity contribution in [1.82, 2.24) is 5.32 Å². The molecule has 1 saturated heterocycles. The van der Waals surface area contributed by atoms with Crippen LogP contribution in [-0.2, 0) is 16.1 Å². The fourth-order valence-electron chi connectivity index (χ4n) is 1.62. The van der Waals surface area contributed by atoms with Gasteiger partial charge in [-0.25, -0.2) is 0 Å². The van der Waals surface area contributed by atoms with Gasteiger partial charge in [-0.3, -0.25) is 0 Å². The molecule has 1 fully saturated rings. The zero-order valence-electron chi connectivity index (χ0n) is 8.82. The Balaban J connectivity index is 1.66. The summed E-state index contributed by atoms with van der Waals surface area (Å²) in [6.07, 6.45) is 0. The minimum absolute atomic E-state index is 0.350. The van der Waals surface area contributed by atoms with Gasteiger partial charge in [0, 0.05) is 6.54 Å². The van der Waals surface area contributed by atoms with E-state index in [4.69, 9.17) is 9.47 Å². The molecule has 0 bridgehead atoms. The summed E-state index contributed by atoms with van der Waals surface area (Å²) in [4.78, 5) is 0. The van der Waals surface area contributed by atoms with Crippen LogP contribution in [-0.4, -0.2) is 32.4 Å². The molecule has 15 heavy (non-hydrogen) atoms. The second-order valence-corrected chi connectivity index (χ2v) is 3.73. The summed E-state index contributed by atoms with van der Waals surface area (Å²) in [6.45, 7) is 3.90. The Labute approximate surface area is 90.4 Å². The quantitative estimate of drug-likeness (QED) is 0.804. The van der Waals surface area contributed by atoms with Gasteiger partial charge in [0.15, 0.2) is 0 Å². The van der Waals surface area contributed by atoms with Crippen LogP contribution in [0, 0.1) is 0 Å². The van der Waals surface area contributed by atoms with E-state index in [0.29, 0.717) is 12.6 Å². The number of hydrogen-bond donors (Lipinski definition) is 1. The predicted molar refractivity (Wildman–Crippen MR) is 58.7 cm³/mol. The first kappa shape index (κ1) is 10.6. The van der Waals surface area contributed by atoms with Crippen LogP contribution in [0.3, 0.4) is 0 Å². The highest BCUT2D eigenvalue weighted by atomic mass is 16.5. The molecule has 0 saturated carbocycles. The maximum absolute atomic E-state index is 5.62. The van der Waals surface area contributed by atoms with E-state index >= 15 is 0 Å². The molecule has 0 amide bonds. The Bertz CT molecular complexity index is 270. The SMILES string of the molecule is c1ccc(COC[C@@H]2COCCN2)cc1. The average molecular weight is 207 g/mol. The fraction of sp³-hybridized carbons (Fsp3) is 0.500. The Morgan fingerprint density at radius 2 is 2.20 bits per heavy atom. The van der Waals surface area contributed by atoms with Gasteiger partial charge in [-0.2, -0.15) is 0 Å². The number of hydrogen-bond acceptors (Lipinski definition) is 3. The first-order valence-electron chi connectivity index (χ1n) is 5.38. The van der Waals surface area contributed by atoms with E-state index < -0.39 is 0 Å². The van der Waals surface area contributed by atoms with E-state index in [1.165, 1.54) is 5.56 Å². The van der Waals surface area contributed by atoms with Crippen LogP contribution in [0.25, 0.3) is 0 Å². The lowest BCUT2D eigenvalue weighted by Gasteiger charge is -2.23. The molecule has 0 radical (unpaired) electrons. The van der Waals surface area contributed by atoms with Crippen molar-refractivity contribution in [1.29, 1.82) is 0 Å². The number of ether oxygens (including phenoxy) is 2. The normalized spacial score (nSPS) is 21.5. The summed E-state index contributed by atoms with van der Waals surface area (Å²) in [5.41, 5.74) is 1.22. The molecule has 1 N–H and O–H groups in total.